The Kier molecular flexibility index (Phi) is 2.94. The first kappa shape index (κ1) is 10.2. The predicted octanol–water partition coefficient (Wildman–Crippen LogP) is 3.19. The van der Waals surface area contributed by atoms with Crippen LogP contribution in [0.1, 0.15) is 13.8 Å². The van der Waals surface area contributed by atoms with Crippen LogP contribution in [-0.4, -0.2) is 9.52 Å². The Morgan fingerprint density at radius 2 is 2.08 bits per heavy atom. The summed E-state index contributed by atoms with van der Waals surface area (Å²) in [7, 11) is 0. The highest BCUT2D eigenvalue weighted by Crippen LogP contribution is 2.41. The molecular weight excluding hydrogens is 284 g/mol. The predicted molar refractivity (Wildman–Crippen MR) is 57.7 cm³/mol. The third-order valence-electron chi connectivity index (χ3n) is 2.26. The van der Waals surface area contributed by atoms with Gasteiger partial charge < -0.3 is 0 Å². The number of hydrogen-bond donors (Lipinski definition) is 0. The summed E-state index contributed by atoms with van der Waals surface area (Å²) in [6.45, 7) is 4.05. The molecule has 0 radical (unpaired) electrons. The highest BCUT2D eigenvalue weighted by Gasteiger charge is 2.32. The maximum atomic E-state index is 11.0. The van der Waals surface area contributed by atoms with E-state index in [0.29, 0.717) is 0 Å². The van der Waals surface area contributed by atoms with Crippen molar-refractivity contribution in [2.45, 2.75) is 17.6 Å². The normalized spacial score (nSPS) is 29.4. The van der Waals surface area contributed by atoms with Gasteiger partial charge in [0.05, 0.1) is 3.74 Å². The minimum atomic E-state index is -0.0894. The smallest absolute Gasteiger partial charge is 0.178 e. The topological polar surface area (TPSA) is 17.1 Å². The summed E-state index contributed by atoms with van der Waals surface area (Å²) in [6.07, 6.45) is 5.22. The molecule has 66 valence electrons. The van der Waals surface area contributed by atoms with Gasteiger partial charge in [0.15, 0.2) is 5.78 Å². The minimum Gasteiger partial charge on any atom is -0.290 e. The molecule has 1 atom stereocenters. The fourth-order valence-corrected chi connectivity index (χ4v) is 2.08. The molecule has 0 saturated heterocycles. The molecule has 1 aliphatic carbocycles. The molecule has 1 rings (SSSR count). The Bertz CT molecular complexity index is 266. The Morgan fingerprint density at radius 3 is 2.50 bits per heavy atom. The number of hydrogen-bond acceptors (Lipinski definition) is 1. The Hall–Kier alpha value is 0.110. The number of allylic oxidation sites excluding steroid dienone is 4. The van der Waals surface area contributed by atoms with Gasteiger partial charge in [-0.05, 0) is 19.1 Å². The van der Waals surface area contributed by atoms with Gasteiger partial charge in [0.25, 0.3) is 0 Å². The van der Waals surface area contributed by atoms with Crippen LogP contribution in [0.25, 0.3) is 0 Å². The molecular formula is C9H10Br2O. The van der Waals surface area contributed by atoms with Gasteiger partial charge in [-0.15, -0.1) is 0 Å². The van der Waals surface area contributed by atoms with E-state index in [2.05, 4.69) is 38.8 Å². The van der Waals surface area contributed by atoms with Crippen molar-refractivity contribution in [3.63, 3.8) is 0 Å². The van der Waals surface area contributed by atoms with Gasteiger partial charge in [0, 0.05) is 5.41 Å². The summed E-state index contributed by atoms with van der Waals surface area (Å²) in [5.41, 5.74) is 0.988. The molecule has 0 spiro atoms. The van der Waals surface area contributed by atoms with Gasteiger partial charge in [-0.2, -0.15) is 0 Å². The summed E-state index contributed by atoms with van der Waals surface area (Å²) >= 11 is 6.93. The zero-order valence-electron chi connectivity index (χ0n) is 6.97. The highest BCUT2D eigenvalue weighted by atomic mass is 79.9. The summed E-state index contributed by atoms with van der Waals surface area (Å²) in [6, 6.07) is 0. The van der Waals surface area contributed by atoms with E-state index in [1.807, 2.05) is 13.0 Å². The molecule has 0 aromatic rings. The van der Waals surface area contributed by atoms with Gasteiger partial charge >= 0.3 is 0 Å². The van der Waals surface area contributed by atoms with E-state index < -0.39 is 0 Å². The zero-order valence-corrected chi connectivity index (χ0v) is 10.1. The van der Waals surface area contributed by atoms with Gasteiger partial charge in [-0.1, -0.05) is 50.4 Å². The van der Waals surface area contributed by atoms with Gasteiger partial charge in [-0.3, -0.25) is 4.79 Å². The van der Waals surface area contributed by atoms with Crippen LogP contribution in [0, 0.1) is 5.41 Å². The van der Waals surface area contributed by atoms with Crippen LogP contribution in [0.2, 0.25) is 0 Å². The van der Waals surface area contributed by atoms with Gasteiger partial charge in [0.1, 0.15) is 0 Å². The molecule has 0 heterocycles. The van der Waals surface area contributed by atoms with E-state index in [9.17, 15) is 4.79 Å². The Labute approximate surface area is 89.2 Å². The van der Waals surface area contributed by atoms with Crippen molar-refractivity contribution in [3.05, 3.63) is 23.8 Å². The van der Waals surface area contributed by atoms with Crippen LogP contribution in [0.5, 0.6) is 0 Å². The quantitative estimate of drug-likeness (QED) is 0.679. The molecule has 0 aliphatic heterocycles. The third kappa shape index (κ3) is 1.72. The number of ketones is 1. The molecule has 1 aliphatic rings. The molecule has 0 saturated carbocycles. The molecule has 1 unspecified atom stereocenters. The largest absolute Gasteiger partial charge is 0.290 e. The monoisotopic (exact) mass is 292 g/mol. The number of rotatable bonds is 1. The van der Waals surface area contributed by atoms with Crippen molar-refractivity contribution in [2.75, 3.05) is 0 Å². The standard InChI is InChI=1S/C9H10Br2O/c1-6-5-7(12)3-4-9(6,2)8(10)11/h3-5,8H,1-2H3. The Morgan fingerprint density at radius 1 is 1.50 bits per heavy atom. The molecule has 0 bridgehead atoms. The van der Waals surface area contributed by atoms with Crippen molar-refractivity contribution < 1.29 is 4.79 Å². The van der Waals surface area contributed by atoms with Crippen LogP contribution >= 0.6 is 31.9 Å². The van der Waals surface area contributed by atoms with Crippen LogP contribution in [0.15, 0.2) is 23.8 Å². The van der Waals surface area contributed by atoms with E-state index >= 15 is 0 Å². The van der Waals surface area contributed by atoms with Crippen molar-refractivity contribution in [1.82, 2.24) is 0 Å². The fourth-order valence-electron chi connectivity index (χ4n) is 1.05. The first-order chi connectivity index (χ1) is 5.47. The Balaban J connectivity index is 3.02. The van der Waals surface area contributed by atoms with Crippen molar-refractivity contribution in [2.24, 2.45) is 5.41 Å². The van der Waals surface area contributed by atoms with Crippen molar-refractivity contribution in [3.8, 4) is 0 Å². The first-order valence-electron chi connectivity index (χ1n) is 3.67. The van der Waals surface area contributed by atoms with Crippen LogP contribution in [-0.2, 0) is 4.79 Å². The summed E-state index contributed by atoms with van der Waals surface area (Å²) in [4.78, 5) is 11.0. The van der Waals surface area contributed by atoms with E-state index in [-0.39, 0.29) is 14.9 Å². The van der Waals surface area contributed by atoms with Crippen LogP contribution in [0.3, 0.4) is 0 Å². The second-order valence-electron chi connectivity index (χ2n) is 3.15. The molecule has 0 N–H and O–H groups in total. The maximum absolute atomic E-state index is 11.0. The van der Waals surface area contributed by atoms with Gasteiger partial charge in [-0.25, -0.2) is 0 Å². The lowest BCUT2D eigenvalue weighted by atomic mass is 9.81. The average Bonchev–Trinajstić information content (AvgIpc) is 1.97. The molecule has 0 fully saturated rings. The van der Waals surface area contributed by atoms with E-state index in [1.54, 1.807) is 12.2 Å². The van der Waals surface area contributed by atoms with Crippen molar-refractivity contribution in [1.29, 1.82) is 0 Å². The maximum Gasteiger partial charge on any atom is 0.178 e. The summed E-state index contributed by atoms with van der Waals surface area (Å²) in [5.74, 6) is 0.0747. The first-order valence-corrected chi connectivity index (χ1v) is 5.50. The second-order valence-corrected chi connectivity index (χ2v) is 6.21. The van der Waals surface area contributed by atoms with Gasteiger partial charge in [0.2, 0.25) is 0 Å². The average molecular weight is 294 g/mol. The van der Waals surface area contributed by atoms with Crippen LogP contribution in [0.4, 0.5) is 0 Å². The van der Waals surface area contributed by atoms with E-state index in [1.165, 1.54) is 0 Å². The second kappa shape index (κ2) is 3.46. The number of alkyl halides is 2. The highest BCUT2D eigenvalue weighted by molar-refractivity contribution is 9.24. The fraction of sp³-hybridized carbons (Fsp3) is 0.444. The molecule has 12 heavy (non-hydrogen) atoms. The molecule has 0 amide bonds. The van der Waals surface area contributed by atoms with E-state index in [0.717, 1.165) is 5.57 Å². The summed E-state index contributed by atoms with van der Waals surface area (Å²) < 4.78 is 0.165. The molecule has 0 aromatic heterocycles. The zero-order chi connectivity index (χ0) is 9.35. The lowest BCUT2D eigenvalue weighted by molar-refractivity contribution is -0.110. The number of carbonyl (C=O) groups is 1. The van der Waals surface area contributed by atoms with Crippen LogP contribution < -0.4 is 0 Å². The van der Waals surface area contributed by atoms with E-state index in [4.69, 9.17) is 0 Å². The molecule has 1 nitrogen and oxygen atoms in total. The number of halogens is 2. The molecule has 0 aromatic carbocycles. The SMILES string of the molecule is CC1=CC(=O)C=CC1(C)C(Br)Br. The lowest BCUT2D eigenvalue weighted by Gasteiger charge is -2.30. The number of carbonyl (C=O) groups excluding carboxylic acids is 1. The van der Waals surface area contributed by atoms with Crippen molar-refractivity contribution >= 4 is 37.6 Å². The summed E-state index contributed by atoms with van der Waals surface area (Å²) in [5, 5.41) is 0. The minimum absolute atomic E-state index is 0.0747. The third-order valence-corrected chi connectivity index (χ3v) is 4.16. The lowest BCUT2D eigenvalue weighted by Crippen LogP contribution is -2.25. The molecule has 3 heteroatoms.